The van der Waals surface area contributed by atoms with E-state index >= 15 is 4.79 Å². The lowest BCUT2D eigenvalue weighted by molar-refractivity contribution is -0.146. The minimum atomic E-state index is -1.51. The van der Waals surface area contributed by atoms with E-state index in [1.165, 1.54) is 11.0 Å². The molecule has 2 aliphatic carbocycles. The lowest BCUT2D eigenvalue weighted by atomic mass is 9.48. The molecule has 3 aromatic rings. The van der Waals surface area contributed by atoms with Crippen LogP contribution in [0.15, 0.2) is 84.1 Å². The first-order valence-corrected chi connectivity index (χ1v) is 18.0. The van der Waals surface area contributed by atoms with Gasteiger partial charge in [0.1, 0.15) is 17.2 Å². The fraction of sp³-hybridized carbons (Fsp3) is 0.350. The van der Waals surface area contributed by atoms with Crippen LogP contribution in [-0.4, -0.2) is 51.3 Å². The van der Waals surface area contributed by atoms with E-state index in [1.54, 1.807) is 55.8 Å². The number of ether oxygens (including phenoxy) is 2. The molecule has 268 valence electrons. The molecule has 0 spiro atoms. The van der Waals surface area contributed by atoms with Crippen molar-refractivity contribution in [3.05, 3.63) is 105 Å². The lowest BCUT2D eigenvalue weighted by Gasteiger charge is -2.51. The van der Waals surface area contributed by atoms with Gasteiger partial charge in [0.15, 0.2) is 0 Å². The third-order valence-electron chi connectivity index (χ3n) is 11.4. The van der Waals surface area contributed by atoms with Crippen molar-refractivity contribution in [2.24, 2.45) is 29.6 Å². The van der Waals surface area contributed by atoms with E-state index < -0.39 is 52.4 Å². The van der Waals surface area contributed by atoms with Crippen LogP contribution in [-0.2, 0) is 31.0 Å². The Bertz CT molecular complexity index is 2120. The van der Waals surface area contributed by atoms with Gasteiger partial charge in [0, 0.05) is 28.5 Å². The first-order chi connectivity index (χ1) is 24.7. The number of nitrogens with one attached hydrogen (secondary N) is 1. The van der Waals surface area contributed by atoms with Crippen LogP contribution in [0, 0.1) is 29.6 Å². The molecule has 2 N–H and O–H groups in total. The predicted molar refractivity (Wildman–Crippen MR) is 194 cm³/mol. The van der Waals surface area contributed by atoms with Crippen molar-refractivity contribution in [1.82, 2.24) is 9.91 Å². The summed E-state index contributed by atoms with van der Waals surface area (Å²) in [6.07, 6.45) is 4.40. The van der Waals surface area contributed by atoms with E-state index in [0.717, 1.165) is 10.6 Å². The molecule has 0 aromatic heterocycles. The number of nitrogens with zero attached hydrogens (tertiary/aromatic N) is 2. The fourth-order valence-electron chi connectivity index (χ4n) is 9.32. The smallest absolute Gasteiger partial charge is 0.260 e. The summed E-state index contributed by atoms with van der Waals surface area (Å²) in [6.45, 7) is 5.53. The zero-order chi connectivity index (χ0) is 36.9. The van der Waals surface area contributed by atoms with Crippen molar-refractivity contribution < 1.29 is 33.8 Å². The summed E-state index contributed by atoms with van der Waals surface area (Å²) in [7, 11) is 1.55. The molecule has 6 atom stereocenters. The molecular weight excluding hydrogens is 705 g/mol. The number of phenolic OH excluding ortho intramolecular Hbond substituents is 1. The summed E-state index contributed by atoms with van der Waals surface area (Å²) in [5.41, 5.74) is 3.88. The van der Waals surface area contributed by atoms with Gasteiger partial charge in [-0.1, -0.05) is 47.0 Å². The molecule has 2 saturated heterocycles. The zero-order valence-corrected chi connectivity index (χ0v) is 30.5. The van der Waals surface area contributed by atoms with Crippen LogP contribution in [0.1, 0.15) is 44.7 Å². The van der Waals surface area contributed by atoms with Crippen LogP contribution in [0.3, 0.4) is 0 Å². The summed E-state index contributed by atoms with van der Waals surface area (Å²) in [5, 5.41) is 12.1. The SMILES string of the molecule is COc1ccc(C23C(=O)N(Nc4ccc(Cl)cc4Cl)C(=O)C2CC2C(=CCC4C(=O)N(C(C)(C)C)C(=O)C42)C3C2=COc3ccc(O)cc3C2)cc1. The van der Waals surface area contributed by atoms with Crippen LogP contribution >= 0.6 is 23.2 Å². The molecule has 3 aromatic carbocycles. The van der Waals surface area contributed by atoms with Crippen LogP contribution in [0.2, 0.25) is 10.0 Å². The van der Waals surface area contributed by atoms with Gasteiger partial charge >= 0.3 is 0 Å². The second kappa shape index (κ2) is 12.1. The molecule has 10 nitrogen and oxygen atoms in total. The van der Waals surface area contributed by atoms with Crippen molar-refractivity contribution in [2.45, 2.75) is 51.0 Å². The maximum absolute atomic E-state index is 15.4. The number of imide groups is 2. The highest BCUT2D eigenvalue weighted by atomic mass is 35.5. The number of halogens is 2. The number of hydrogen-bond donors (Lipinski definition) is 2. The Morgan fingerprint density at radius 1 is 0.942 bits per heavy atom. The second-order valence-corrected chi connectivity index (χ2v) is 16.0. The highest BCUT2D eigenvalue weighted by molar-refractivity contribution is 6.36. The molecule has 0 bridgehead atoms. The molecule has 3 heterocycles. The monoisotopic (exact) mass is 741 g/mol. The Hall–Kier alpha value is -4.80. The first-order valence-electron chi connectivity index (χ1n) is 17.3. The summed E-state index contributed by atoms with van der Waals surface area (Å²) in [6, 6.07) is 16.7. The normalized spacial score (nSPS) is 28.0. The summed E-state index contributed by atoms with van der Waals surface area (Å²) in [4.78, 5) is 60.0. The van der Waals surface area contributed by atoms with E-state index in [0.29, 0.717) is 51.8 Å². The highest BCUT2D eigenvalue weighted by Gasteiger charge is 2.71. The Morgan fingerprint density at radius 3 is 2.38 bits per heavy atom. The number of likely N-dealkylation sites (tertiary alicyclic amines) is 1. The quantitative estimate of drug-likeness (QED) is 0.215. The molecule has 8 rings (SSSR count). The zero-order valence-electron chi connectivity index (χ0n) is 29.0. The van der Waals surface area contributed by atoms with E-state index in [1.807, 2.05) is 39.0 Å². The second-order valence-electron chi connectivity index (χ2n) is 15.2. The topological polar surface area (TPSA) is 125 Å². The van der Waals surface area contributed by atoms with Crippen LogP contribution < -0.4 is 14.9 Å². The Morgan fingerprint density at radius 2 is 1.69 bits per heavy atom. The Balaban J connectivity index is 1.34. The minimum Gasteiger partial charge on any atom is -0.508 e. The van der Waals surface area contributed by atoms with Crippen molar-refractivity contribution >= 4 is 52.5 Å². The summed E-state index contributed by atoms with van der Waals surface area (Å²) < 4.78 is 11.7. The number of allylic oxidation sites excluding steroid dienone is 3. The van der Waals surface area contributed by atoms with Crippen LogP contribution in [0.25, 0.3) is 0 Å². The fourth-order valence-corrected chi connectivity index (χ4v) is 9.77. The average molecular weight is 743 g/mol. The van der Waals surface area contributed by atoms with Gasteiger partial charge in [-0.15, -0.1) is 0 Å². The van der Waals surface area contributed by atoms with Gasteiger partial charge < -0.3 is 14.6 Å². The van der Waals surface area contributed by atoms with E-state index in [4.69, 9.17) is 32.7 Å². The van der Waals surface area contributed by atoms with Gasteiger partial charge in [-0.2, -0.15) is 5.01 Å². The van der Waals surface area contributed by atoms with Gasteiger partial charge in [-0.05, 0) is 99.2 Å². The number of aromatic hydroxyl groups is 1. The molecule has 0 radical (unpaired) electrons. The Kier molecular flexibility index (Phi) is 8.00. The third kappa shape index (κ3) is 4.98. The lowest BCUT2D eigenvalue weighted by Crippen LogP contribution is -2.55. The Labute approximate surface area is 310 Å². The number of methoxy groups -OCH3 is 1. The maximum Gasteiger partial charge on any atom is 0.260 e. The average Bonchev–Trinajstić information content (AvgIpc) is 3.50. The van der Waals surface area contributed by atoms with E-state index in [9.17, 15) is 19.5 Å². The van der Waals surface area contributed by atoms with Crippen LogP contribution in [0.5, 0.6) is 17.2 Å². The van der Waals surface area contributed by atoms with Gasteiger partial charge in [-0.3, -0.25) is 29.5 Å². The summed E-state index contributed by atoms with van der Waals surface area (Å²) in [5.74, 6) is -3.82. The molecule has 52 heavy (non-hydrogen) atoms. The number of hydrazine groups is 1. The number of benzene rings is 3. The molecule has 3 fully saturated rings. The van der Waals surface area contributed by atoms with E-state index in [2.05, 4.69) is 5.43 Å². The third-order valence-corrected chi connectivity index (χ3v) is 11.9. The van der Waals surface area contributed by atoms with E-state index in [-0.39, 0.29) is 29.0 Å². The number of anilines is 1. The number of amides is 4. The van der Waals surface area contributed by atoms with Gasteiger partial charge in [-0.25, -0.2) is 0 Å². The highest BCUT2D eigenvalue weighted by Crippen LogP contribution is 2.63. The maximum atomic E-state index is 15.4. The number of rotatable bonds is 5. The van der Waals surface area contributed by atoms with Crippen molar-refractivity contribution in [3.63, 3.8) is 0 Å². The molecule has 5 aliphatic rings. The first kappa shape index (κ1) is 34.3. The standard InChI is InChI=1S/C40H37Cl2N3O7/c1-39(2,3)44-35(47)27-12-11-26-28(33(27)37(44)49)18-29-36(48)45(43-31-13-7-23(41)17-30(31)42)38(50)40(29,22-5-9-25(51-4)10-6-22)34(26)21-15-20-16-24(46)8-14-32(20)52-19-21/h5-11,13-14,16-17,19,27-29,33-34,43,46H,12,15,18H2,1-4H3. The number of carbonyl (C=O) groups is 4. The summed E-state index contributed by atoms with van der Waals surface area (Å²) >= 11 is 12.7. The van der Waals surface area contributed by atoms with Crippen molar-refractivity contribution in [3.8, 4) is 17.2 Å². The molecule has 6 unspecified atom stereocenters. The molecule has 3 aliphatic heterocycles. The number of carbonyl (C=O) groups excluding carboxylic acids is 4. The number of fused-ring (bicyclic) bond motifs is 5. The number of phenols is 1. The largest absolute Gasteiger partial charge is 0.508 e. The molecule has 12 heteroatoms. The van der Waals surface area contributed by atoms with Crippen LogP contribution in [0.4, 0.5) is 5.69 Å². The minimum absolute atomic E-state index is 0.0623. The van der Waals surface area contributed by atoms with Gasteiger partial charge in [0.05, 0.1) is 47.3 Å². The molecule has 4 amide bonds. The van der Waals surface area contributed by atoms with Gasteiger partial charge in [0.25, 0.3) is 11.8 Å². The van der Waals surface area contributed by atoms with Crippen molar-refractivity contribution in [2.75, 3.05) is 12.5 Å². The molecular formula is C40H37Cl2N3O7. The molecule has 1 saturated carbocycles. The predicted octanol–water partition coefficient (Wildman–Crippen LogP) is 6.84. The van der Waals surface area contributed by atoms with Gasteiger partial charge in [0.2, 0.25) is 11.8 Å². The van der Waals surface area contributed by atoms with Crippen molar-refractivity contribution in [1.29, 1.82) is 0 Å². The number of hydrogen-bond acceptors (Lipinski definition) is 8.